The van der Waals surface area contributed by atoms with Crippen LogP contribution in [0, 0.1) is 0 Å². The number of benzene rings is 1. The van der Waals surface area contributed by atoms with Crippen LogP contribution < -0.4 is 22.1 Å². The second-order valence-corrected chi connectivity index (χ2v) is 7.98. The van der Waals surface area contributed by atoms with E-state index in [-0.39, 0.29) is 25.1 Å². The van der Waals surface area contributed by atoms with Crippen LogP contribution >= 0.6 is 0 Å². The van der Waals surface area contributed by atoms with Crippen LogP contribution in [0.15, 0.2) is 24.3 Å². The van der Waals surface area contributed by atoms with Crippen molar-refractivity contribution in [3.05, 3.63) is 29.8 Å². The molecule has 0 saturated carbocycles. The number of hydrogen-bond donors (Lipinski definition) is 6. The quantitative estimate of drug-likeness (QED) is 0.233. The summed E-state index contributed by atoms with van der Waals surface area (Å²) in [6.07, 6.45) is 0.259. The van der Waals surface area contributed by atoms with Gasteiger partial charge in [-0.3, -0.25) is 19.2 Å². The molecule has 1 aliphatic rings. The van der Waals surface area contributed by atoms with Gasteiger partial charge in [0.2, 0.25) is 23.6 Å². The second kappa shape index (κ2) is 11.3. The van der Waals surface area contributed by atoms with Crippen molar-refractivity contribution in [3.63, 3.8) is 0 Å². The van der Waals surface area contributed by atoms with Gasteiger partial charge in [-0.2, -0.15) is 0 Å². The molecule has 0 spiro atoms. The molecule has 0 radical (unpaired) electrons. The largest absolute Gasteiger partial charge is 0.508 e. The molecule has 4 amide bonds. The number of nitrogens with two attached hydrogens (primary N) is 2. The Kier molecular flexibility index (Phi) is 8.74. The topological polar surface area (TPSA) is 205 Å². The summed E-state index contributed by atoms with van der Waals surface area (Å²) in [5.74, 6) is -4.05. The maximum absolute atomic E-state index is 13.0. The zero-order valence-electron chi connectivity index (χ0n) is 18.2. The van der Waals surface area contributed by atoms with E-state index in [0.29, 0.717) is 12.0 Å². The molecule has 180 valence electrons. The Morgan fingerprint density at radius 1 is 1.12 bits per heavy atom. The predicted octanol–water partition coefficient (Wildman–Crippen LogP) is -1.80. The third kappa shape index (κ3) is 7.17. The number of hydrogen-bond acceptors (Lipinski definition) is 7. The molecule has 0 aromatic heterocycles. The van der Waals surface area contributed by atoms with Crippen molar-refractivity contribution in [1.82, 2.24) is 15.5 Å². The molecule has 1 aromatic carbocycles. The van der Waals surface area contributed by atoms with Crippen molar-refractivity contribution >= 4 is 29.6 Å². The summed E-state index contributed by atoms with van der Waals surface area (Å²) in [6.45, 7) is 1.60. The molecule has 1 aromatic rings. The number of aliphatic carboxylic acids is 1. The zero-order valence-corrected chi connectivity index (χ0v) is 18.2. The summed E-state index contributed by atoms with van der Waals surface area (Å²) in [5, 5.41) is 23.7. The highest BCUT2D eigenvalue weighted by Crippen LogP contribution is 2.20. The Morgan fingerprint density at radius 2 is 1.76 bits per heavy atom. The van der Waals surface area contributed by atoms with Gasteiger partial charge in [0.1, 0.15) is 23.9 Å². The van der Waals surface area contributed by atoms with Crippen molar-refractivity contribution in [2.24, 2.45) is 11.5 Å². The minimum Gasteiger partial charge on any atom is -0.508 e. The predicted molar refractivity (Wildman–Crippen MR) is 116 cm³/mol. The van der Waals surface area contributed by atoms with Gasteiger partial charge in [0.05, 0.1) is 12.5 Å². The highest BCUT2D eigenvalue weighted by molar-refractivity contribution is 5.96. The van der Waals surface area contributed by atoms with Gasteiger partial charge < -0.3 is 37.2 Å². The van der Waals surface area contributed by atoms with E-state index in [1.807, 2.05) is 0 Å². The summed E-state index contributed by atoms with van der Waals surface area (Å²) in [7, 11) is 0. The van der Waals surface area contributed by atoms with Crippen LogP contribution in [0.3, 0.4) is 0 Å². The molecule has 4 atom stereocenters. The molecule has 12 nitrogen and oxygen atoms in total. The molecule has 12 heteroatoms. The average Bonchev–Trinajstić information content (AvgIpc) is 3.23. The van der Waals surface area contributed by atoms with E-state index >= 15 is 0 Å². The minimum absolute atomic E-state index is 0.0244. The highest BCUT2D eigenvalue weighted by atomic mass is 16.4. The van der Waals surface area contributed by atoms with Gasteiger partial charge in [0, 0.05) is 13.0 Å². The standard InChI is InChI=1S/C21H29N5O7/c1-11(22)18(29)24-14(10-17(23)28)20(31)26-8-2-3-16(26)19(30)25-15(21(32)33)9-12-4-6-13(27)7-5-12/h4-7,11,14-16,27H,2-3,8-10,22H2,1H3,(H2,23,28)(H,24,29)(H,25,30)(H,32,33). The lowest BCUT2D eigenvalue weighted by atomic mass is 10.0. The van der Waals surface area contributed by atoms with Gasteiger partial charge in [0.25, 0.3) is 0 Å². The SMILES string of the molecule is CC(N)C(=O)NC(CC(N)=O)C(=O)N1CCCC1C(=O)NC(Cc1ccc(O)cc1)C(=O)O. The Morgan fingerprint density at radius 3 is 2.30 bits per heavy atom. The molecular weight excluding hydrogens is 434 g/mol. The number of nitrogens with zero attached hydrogens (tertiary/aromatic N) is 1. The van der Waals surface area contributed by atoms with Gasteiger partial charge in [-0.1, -0.05) is 12.1 Å². The Bertz CT molecular complexity index is 903. The molecule has 1 heterocycles. The van der Waals surface area contributed by atoms with Gasteiger partial charge in [-0.15, -0.1) is 0 Å². The van der Waals surface area contributed by atoms with Crippen LogP contribution in [-0.4, -0.2) is 75.4 Å². The van der Waals surface area contributed by atoms with Crippen LogP contribution in [0.25, 0.3) is 0 Å². The smallest absolute Gasteiger partial charge is 0.326 e. The third-order valence-electron chi connectivity index (χ3n) is 5.26. The molecule has 33 heavy (non-hydrogen) atoms. The minimum atomic E-state index is -1.29. The normalized spacial score (nSPS) is 18.1. The van der Waals surface area contributed by atoms with E-state index in [0.717, 1.165) is 0 Å². The van der Waals surface area contributed by atoms with Gasteiger partial charge >= 0.3 is 5.97 Å². The van der Waals surface area contributed by atoms with Gasteiger partial charge in [0.15, 0.2) is 0 Å². The Hall–Kier alpha value is -3.67. The Labute approximate surface area is 190 Å². The first-order valence-electron chi connectivity index (χ1n) is 10.5. The van der Waals surface area contributed by atoms with E-state index < -0.39 is 60.2 Å². The molecular formula is C21H29N5O7. The summed E-state index contributed by atoms with van der Waals surface area (Å²) in [5.41, 5.74) is 11.3. The number of phenolic OH excluding ortho intramolecular Hbond substituents is 1. The number of primary amides is 1. The molecule has 4 unspecified atom stereocenters. The number of carboxylic acids is 1. The number of aromatic hydroxyl groups is 1. The molecule has 0 bridgehead atoms. The molecule has 8 N–H and O–H groups in total. The van der Waals surface area contributed by atoms with Crippen molar-refractivity contribution < 1.29 is 34.2 Å². The molecule has 1 aliphatic heterocycles. The lowest BCUT2D eigenvalue weighted by Gasteiger charge is -2.29. The van der Waals surface area contributed by atoms with Gasteiger partial charge in [-0.25, -0.2) is 4.79 Å². The summed E-state index contributed by atoms with van der Waals surface area (Å²) in [4.78, 5) is 62.2. The van der Waals surface area contributed by atoms with E-state index in [1.165, 1.54) is 24.0 Å². The number of phenols is 1. The average molecular weight is 463 g/mol. The van der Waals surface area contributed by atoms with Gasteiger partial charge in [-0.05, 0) is 37.5 Å². The van der Waals surface area contributed by atoms with Crippen LogP contribution in [-0.2, 0) is 30.4 Å². The van der Waals surface area contributed by atoms with Crippen molar-refractivity contribution in [2.45, 2.75) is 56.8 Å². The summed E-state index contributed by atoms with van der Waals surface area (Å²) in [6, 6.07) is 1.44. The summed E-state index contributed by atoms with van der Waals surface area (Å²) >= 11 is 0. The molecule has 1 fully saturated rings. The summed E-state index contributed by atoms with van der Waals surface area (Å²) < 4.78 is 0. The van der Waals surface area contributed by atoms with Crippen LogP contribution in [0.2, 0.25) is 0 Å². The highest BCUT2D eigenvalue weighted by Gasteiger charge is 2.39. The number of nitrogens with one attached hydrogen (secondary N) is 2. The van der Waals surface area contributed by atoms with Crippen LogP contribution in [0.4, 0.5) is 0 Å². The van der Waals surface area contributed by atoms with E-state index in [4.69, 9.17) is 11.5 Å². The van der Waals surface area contributed by atoms with Crippen molar-refractivity contribution in [3.8, 4) is 5.75 Å². The van der Waals surface area contributed by atoms with Crippen molar-refractivity contribution in [1.29, 1.82) is 0 Å². The first kappa shape index (κ1) is 25.6. The van der Waals surface area contributed by atoms with E-state index in [1.54, 1.807) is 12.1 Å². The molecule has 1 saturated heterocycles. The monoisotopic (exact) mass is 463 g/mol. The van der Waals surface area contributed by atoms with E-state index in [2.05, 4.69) is 10.6 Å². The molecule has 0 aliphatic carbocycles. The fourth-order valence-electron chi connectivity index (χ4n) is 3.54. The fourth-order valence-corrected chi connectivity index (χ4v) is 3.54. The van der Waals surface area contributed by atoms with E-state index in [9.17, 15) is 34.2 Å². The first-order valence-corrected chi connectivity index (χ1v) is 10.5. The zero-order chi connectivity index (χ0) is 24.7. The number of likely N-dealkylation sites (tertiary alicyclic amines) is 1. The fraction of sp³-hybridized carbons (Fsp3) is 0.476. The van der Waals surface area contributed by atoms with Crippen LogP contribution in [0.1, 0.15) is 31.7 Å². The third-order valence-corrected chi connectivity index (χ3v) is 5.26. The maximum Gasteiger partial charge on any atom is 0.326 e. The lowest BCUT2D eigenvalue weighted by Crippen LogP contribution is -2.57. The second-order valence-electron chi connectivity index (χ2n) is 7.98. The number of amides is 4. The van der Waals surface area contributed by atoms with Crippen molar-refractivity contribution in [2.75, 3.05) is 6.54 Å². The van der Waals surface area contributed by atoms with Crippen LogP contribution in [0.5, 0.6) is 5.75 Å². The number of carbonyl (C=O) groups is 5. The number of carboxylic acid groups (broad SMARTS) is 1. The Balaban J connectivity index is 2.13. The number of rotatable bonds is 10. The number of carbonyl (C=O) groups excluding carboxylic acids is 4. The lowest BCUT2D eigenvalue weighted by molar-refractivity contribution is -0.145. The molecule has 2 rings (SSSR count). The first-order chi connectivity index (χ1) is 15.5. The maximum atomic E-state index is 13.0.